The van der Waals surface area contributed by atoms with Crippen molar-refractivity contribution in [1.82, 2.24) is 9.97 Å². The van der Waals surface area contributed by atoms with Crippen LogP contribution in [0.1, 0.15) is 25.5 Å². The van der Waals surface area contributed by atoms with E-state index in [-0.39, 0.29) is 0 Å². The highest BCUT2D eigenvalue weighted by atomic mass is 14.8. The van der Waals surface area contributed by atoms with Gasteiger partial charge in [-0.3, -0.25) is 9.97 Å². The van der Waals surface area contributed by atoms with Crippen molar-refractivity contribution in [1.29, 1.82) is 0 Å². The molecule has 0 fully saturated rings. The fourth-order valence-corrected chi connectivity index (χ4v) is 3.28. The third-order valence-electron chi connectivity index (χ3n) is 4.53. The lowest BCUT2D eigenvalue weighted by Gasteiger charge is -2.11. The van der Waals surface area contributed by atoms with Gasteiger partial charge in [0.2, 0.25) is 0 Å². The van der Waals surface area contributed by atoms with Crippen molar-refractivity contribution >= 4 is 10.8 Å². The van der Waals surface area contributed by atoms with Crippen LogP contribution < -0.4 is 0 Å². The minimum Gasteiger partial charge on any atom is -0.257 e. The Morgan fingerprint density at radius 2 is 1.36 bits per heavy atom. The van der Waals surface area contributed by atoms with Crippen LogP contribution in [0, 0.1) is 0 Å². The van der Waals surface area contributed by atoms with Crippen LogP contribution >= 0.6 is 0 Å². The van der Waals surface area contributed by atoms with Crippen molar-refractivity contribution in [2.45, 2.75) is 19.8 Å². The summed E-state index contributed by atoms with van der Waals surface area (Å²) in [6.07, 6.45) is 3.53. The van der Waals surface area contributed by atoms with Crippen LogP contribution in [0.4, 0.5) is 0 Å². The van der Waals surface area contributed by atoms with E-state index in [1.54, 1.807) is 12.4 Å². The minimum absolute atomic E-state index is 0.349. The molecule has 122 valence electrons. The Balaban J connectivity index is 1.79. The third-order valence-corrected chi connectivity index (χ3v) is 4.53. The van der Waals surface area contributed by atoms with Gasteiger partial charge in [0.05, 0.1) is 11.4 Å². The lowest BCUT2D eigenvalue weighted by molar-refractivity contribution is 0.816. The molecule has 2 heteroatoms. The lowest BCUT2D eigenvalue weighted by Crippen LogP contribution is -1.98. The first-order valence-corrected chi connectivity index (χ1v) is 8.63. The molecule has 2 nitrogen and oxygen atoms in total. The second-order valence-electron chi connectivity index (χ2n) is 6.55. The molecule has 4 rings (SSSR count). The number of aromatic nitrogens is 2. The van der Waals surface area contributed by atoms with Gasteiger partial charge in [-0.25, -0.2) is 0 Å². The zero-order valence-electron chi connectivity index (χ0n) is 14.5. The highest BCUT2D eigenvalue weighted by Crippen LogP contribution is 2.31. The van der Waals surface area contributed by atoms with Gasteiger partial charge in [-0.15, -0.1) is 0 Å². The fraction of sp³-hybridized carbons (Fsp3) is 0.130. The molecule has 0 aliphatic rings. The molecule has 4 aromatic rings. The van der Waals surface area contributed by atoms with Gasteiger partial charge in [-0.1, -0.05) is 80.6 Å². The van der Waals surface area contributed by atoms with Gasteiger partial charge in [0.1, 0.15) is 0 Å². The van der Waals surface area contributed by atoms with Crippen LogP contribution in [0.25, 0.3) is 33.2 Å². The van der Waals surface area contributed by atoms with E-state index >= 15 is 0 Å². The largest absolute Gasteiger partial charge is 0.257 e. The van der Waals surface area contributed by atoms with Crippen LogP contribution in [0.5, 0.6) is 0 Å². The number of fused-ring (bicyclic) bond motifs is 1. The summed E-state index contributed by atoms with van der Waals surface area (Å²) in [5, 5.41) is 2.54. The number of rotatable bonds is 3. The first kappa shape index (κ1) is 15.5. The molecule has 25 heavy (non-hydrogen) atoms. The summed E-state index contributed by atoms with van der Waals surface area (Å²) < 4.78 is 0. The number of benzene rings is 3. The Kier molecular flexibility index (Phi) is 4.02. The zero-order chi connectivity index (χ0) is 17.2. The summed E-state index contributed by atoms with van der Waals surface area (Å²) in [7, 11) is 0. The maximum atomic E-state index is 4.56. The summed E-state index contributed by atoms with van der Waals surface area (Å²) in [4.78, 5) is 9.07. The molecule has 1 aromatic heterocycles. The second kappa shape index (κ2) is 6.48. The molecule has 0 unspecified atom stereocenters. The van der Waals surface area contributed by atoms with Gasteiger partial charge in [0.25, 0.3) is 0 Å². The molecule has 0 amide bonds. The Labute approximate surface area is 148 Å². The van der Waals surface area contributed by atoms with Gasteiger partial charge in [-0.2, -0.15) is 0 Å². The van der Waals surface area contributed by atoms with Crippen LogP contribution in [0.15, 0.2) is 79.1 Å². The molecule has 0 radical (unpaired) electrons. The van der Waals surface area contributed by atoms with Crippen molar-refractivity contribution in [2.75, 3.05) is 0 Å². The first-order valence-electron chi connectivity index (χ1n) is 8.63. The van der Waals surface area contributed by atoms with Crippen molar-refractivity contribution in [3.8, 4) is 22.4 Å². The second-order valence-corrected chi connectivity index (χ2v) is 6.55. The molecule has 0 N–H and O–H groups in total. The van der Waals surface area contributed by atoms with Gasteiger partial charge in [-0.05, 0) is 27.8 Å². The molecule has 0 spiro atoms. The van der Waals surface area contributed by atoms with E-state index in [4.69, 9.17) is 0 Å². The minimum atomic E-state index is 0.349. The first-order chi connectivity index (χ1) is 12.2. The maximum absolute atomic E-state index is 4.56. The summed E-state index contributed by atoms with van der Waals surface area (Å²) in [5.41, 5.74) is 5.60. The highest BCUT2D eigenvalue weighted by molar-refractivity contribution is 5.96. The lowest BCUT2D eigenvalue weighted by atomic mass is 9.96. The van der Waals surface area contributed by atoms with Crippen molar-refractivity contribution in [2.24, 2.45) is 0 Å². The van der Waals surface area contributed by atoms with Gasteiger partial charge in [0.15, 0.2) is 0 Å². The van der Waals surface area contributed by atoms with Crippen molar-refractivity contribution in [3.05, 3.63) is 84.8 Å². The molecule has 0 saturated carbocycles. The topological polar surface area (TPSA) is 25.8 Å². The van der Waals surface area contributed by atoms with E-state index in [2.05, 4.69) is 90.5 Å². The molecular weight excluding hydrogens is 304 g/mol. The number of nitrogens with zero attached hydrogens (tertiary/aromatic N) is 2. The smallest absolute Gasteiger partial charge is 0.0919 e. The molecule has 1 heterocycles. The summed E-state index contributed by atoms with van der Waals surface area (Å²) in [6, 6.07) is 23.6. The Morgan fingerprint density at radius 1 is 0.680 bits per heavy atom. The maximum Gasteiger partial charge on any atom is 0.0919 e. The van der Waals surface area contributed by atoms with Crippen LogP contribution in [-0.2, 0) is 0 Å². The predicted octanol–water partition coefficient (Wildman–Crippen LogP) is 6.09. The number of hydrogen-bond acceptors (Lipinski definition) is 2. The summed E-state index contributed by atoms with van der Waals surface area (Å²) in [5.74, 6) is 0.349. The molecule has 0 aliphatic carbocycles. The zero-order valence-corrected chi connectivity index (χ0v) is 14.5. The highest BCUT2D eigenvalue weighted by Gasteiger charge is 2.11. The normalized spacial score (nSPS) is 11.2. The Morgan fingerprint density at radius 3 is 2.16 bits per heavy atom. The quantitative estimate of drug-likeness (QED) is 0.456. The Bertz CT molecular complexity index is 1010. The SMILES string of the molecule is CC(C)c1nccnc1-c1ccc(-c2cccc3ccccc23)cc1. The summed E-state index contributed by atoms with van der Waals surface area (Å²) in [6.45, 7) is 4.30. The van der Waals surface area contributed by atoms with Crippen LogP contribution in [-0.4, -0.2) is 9.97 Å². The molecule has 0 atom stereocenters. The monoisotopic (exact) mass is 324 g/mol. The average Bonchev–Trinajstić information content (AvgIpc) is 2.68. The standard InChI is InChI=1S/C23H20N2/c1-16(2)22-23(25-15-14-24-22)19-12-10-18(11-13-19)21-9-5-7-17-6-3-4-8-20(17)21/h3-16H,1-2H3. The molecular formula is C23H20N2. The Hall–Kier alpha value is -3.00. The molecule has 0 saturated heterocycles. The van der Waals surface area contributed by atoms with E-state index in [1.807, 2.05) is 0 Å². The molecule has 0 aliphatic heterocycles. The van der Waals surface area contributed by atoms with Crippen molar-refractivity contribution < 1.29 is 0 Å². The molecule has 3 aromatic carbocycles. The van der Waals surface area contributed by atoms with Gasteiger partial charge < -0.3 is 0 Å². The van der Waals surface area contributed by atoms with Crippen molar-refractivity contribution in [3.63, 3.8) is 0 Å². The van der Waals surface area contributed by atoms with E-state index < -0.39 is 0 Å². The van der Waals surface area contributed by atoms with E-state index in [1.165, 1.54) is 21.9 Å². The molecule has 0 bridgehead atoms. The van der Waals surface area contributed by atoms with Crippen LogP contribution in [0.3, 0.4) is 0 Å². The van der Waals surface area contributed by atoms with E-state index in [0.717, 1.165) is 17.0 Å². The van der Waals surface area contributed by atoms with Crippen LogP contribution in [0.2, 0.25) is 0 Å². The fourth-order valence-electron chi connectivity index (χ4n) is 3.28. The van der Waals surface area contributed by atoms with E-state index in [0.29, 0.717) is 5.92 Å². The van der Waals surface area contributed by atoms with Gasteiger partial charge >= 0.3 is 0 Å². The average molecular weight is 324 g/mol. The predicted molar refractivity (Wildman–Crippen MR) is 104 cm³/mol. The third kappa shape index (κ3) is 2.91. The summed E-state index contributed by atoms with van der Waals surface area (Å²) >= 11 is 0. The van der Waals surface area contributed by atoms with E-state index in [9.17, 15) is 0 Å². The number of hydrogen-bond donors (Lipinski definition) is 0. The van der Waals surface area contributed by atoms with Gasteiger partial charge in [0, 0.05) is 18.0 Å².